The lowest BCUT2D eigenvalue weighted by molar-refractivity contribution is 0.0951. The van der Waals surface area contributed by atoms with Crippen LogP contribution >= 0.6 is 34.0 Å². The summed E-state index contributed by atoms with van der Waals surface area (Å²) in [5.74, 6) is -0.171. The van der Waals surface area contributed by atoms with E-state index >= 15 is 0 Å². The Kier molecular flexibility index (Phi) is 4.63. The molecule has 0 saturated carbocycles. The quantitative estimate of drug-likeness (QED) is 0.533. The van der Waals surface area contributed by atoms with Crippen LogP contribution in [0, 0.1) is 0 Å². The van der Waals surface area contributed by atoms with Crippen molar-refractivity contribution in [3.63, 3.8) is 0 Å². The Morgan fingerprint density at radius 3 is 2.76 bits per heavy atom. The van der Waals surface area contributed by atoms with Crippen LogP contribution in [0.4, 0.5) is 0 Å². The molecular formula is C18H14N2O2S3. The summed E-state index contributed by atoms with van der Waals surface area (Å²) in [6.07, 6.45) is -0.598. The second kappa shape index (κ2) is 7.05. The summed E-state index contributed by atoms with van der Waals surface area (Å²) in [5.41, 5.74) is 0.843. The van der Waals surface area contributed by atoms with Crippen molar-refractivity contribution in [1.82, 2.24) is 10.3 Å². The lowest BCUT2D eigenvalue weighted by atomic mass is 10.2. The molecule has 4 rings (SSSR count). The van der Waals surface area contributed by atoms with Crippen LogP contribution in [-0.4, -0.2) is 16.0 Å². The van der Waals surface area contributed by atoms with Crippen LogP contribution in [0.5, 0.6) is 0 Å². The van der Waals surface area contributed by atoms with E-state index in [1.165, 1.54) is 34.0 Å². The second-order valence-corrected chi connectivity index (χ2v) is 8.60. The second-order valence-electron chi connectivity index (χ2n) is 5.39. The molecule has 126 valence electrons. The van der Waals surface area contributed by atoms with Gasteiger partial charge in [0.25, 0.3) is 5.91 Å². The number of amides is 1. The molecule has 3 aromatic heterocycles. The first-order chi connectivity index (χ1) is 12.2. The van der Waals surface area contributed by atoms with Crippen molar-refractivity contribution in [3.05, 3.63) is 73.6 Å². The molecule has 1 aromatic carbocycles. The number of nitrogens with one attached hydrogen (secondary N) is 1. The molecule has 0 aliphatic heterocycles. The number of carbonyl (C=O) groups excluding carboxylic acids is 1. The van der Waals surface area contributed by atoms with E-state index in [-0.39, 0.29) is 5.91 Å². The highest BCUT2D eigenvalue weighted by Crippen LogP contribution is 2.31. The number of thiophene rings is 2. The molecule has 0 saturated heterocycles. The van der Waals surface area contributed by atoms with Gasteiger partial charge in [0.15, 0.2) is 5.01 Å². The summed E-state index contributed by atoms with van der Waals surface area (Å²) in [7, 11) is 0. The maximum atomic E-state index is 12.3. The molecule has 4 nitrogen and oxygen atoms in total. The molecule has 25 heavy (non-hydrogen) atoms. The number of hydrogen-bond donors (Lipinski definition) is 2. The topological polar surface area (TPSA) is 62.2 Å². The fourth-order valence-corrected chi connectivity index (χ4v) is 5.08. The van der Waals surface area contributed by atoms with Gasteiger partial charge in [-0.3, -0.25) is 4.79 Å². The zero-order chi connectivity index (χ0) is 17.2. The summed E-state index contributed by atoms with van der Waals surface area (Å²) < 4.78 is 1.00. The van der Waals surface area contributed by atoms with Gasteiger partial charge < -0.3 is 10.4 Å². The fourth-order valence-electron chi connectivity index (χ4n) is 2.44. The van der Waals surface area contributed by atoms with Gasteiger partial charge in [-0.25, -0.2) is 4.98 Å². The molecule has 4 aromatic rings. The standard InChI is InChI=1S/C18H14N2O2S3/c21-16(14-6-3-9-23-14)15-8-7-11(24-15)10-19-17(22)18-20-12-4-1-2-5-13(12)25-18/h1-9,16,21H,10H2,(H,19,22)/t16-/m1/s1. The first-order valence-corrected chi connectivity index (χ1v) is 10.2. The number of thiazole rings is 1. The summed E-state index contributed by atoms with van der Waals surface area (Å²) in [6.45, 7) is 0.427. The number of nitrogens with zero attached hydrogens (tertiary/aromatic N) is 1. The van der Waals surface area contributed by atoms with Crippen LogP contribution in [0.2, 0.25) is 0 Å². The van der Waals surface area contributed by atoms with E-state index in [2.05, 4.69) is 10.3 Å². The van der Waals surface area contributed by atoms with Crippen molar-refractivity contribution in [2.75, 3.05) is 0 Å². The number of para-hydroxylation sites is 1. The first kappa shape index (κ1) is 16.4. The highest BCUT2D eigenvalue weighted by atomic mass is 32.1. The van der Waals surface area contributed by atoms with Crippen LogP contribution in [0.25, 0.3) is 10.2 Å². The number of aromatic nitrogens is 1. The van der Waals surface area contributed by atoms with Gasteiger partial charge in [-0.1, -0.05) is 18.2 Å². The largest absolute Gasteiger partial charge is 0.382 e. The maximum Gasteiger partial charge on any atom is 0.280 e. The Morgan fingerprint density at radius 2 is 1.96 bits per heavy atom. The average Bonchev–Trinajstić information content (AvgIpc) is 3.39. The minimum Gasteiger partial charge on any atom is -0.382 e. The normalized spacial score (nSPS) is 12.4. The summed E-state index contributed by atoms with van der Waals surface area (Å²) in [5, 5.41) is 15.7. The molecule has 0 spiro atoms. The lowest BCUT2D eigenvalue weighted by Gasteiger charge is -2.05. The third kappa shape index (κ3) is 3.50. The van der Waals surface area contributed by atoms with Gasteiger partial charge >= 0.3 is 0 Å². The predicted molar refractivity (Wildman–Crippen MR) is 103 cm³/mol. The number of fused-ring (bicyclic) bond motifs is 1. The third-order valence-corrected chi connectivity index (χ3v) is 6.77. The number of rotatable bonds is 5. The van der Waals surface area contributed by atoms with Crippen LogP contribution in [-0.2, 0) is 6.54 Å². The van der Waals surface area contributed by atoms with Gasteiger partial charge in [-0.2, -0.15) is 0 Å². The van der Waals surface area contributed by atoms with Gasteiger partial charge in [-0.05, 0) is 35.7 Å². The summed E-state index contributed by atoms with van der Waals surface area (Å²) >= 11 is 4.43. The van der Waals surface area contributed by atoms with Crippen molar-refractivity contribution in [1.29, 1.82) is 0 Å². The molecule has 0 radical (unpaired) electrons. The van der Waals surface area contributed by atoms with E-state index in [4.69, 9.17) is 0 Å². The number of aliphatic hydroxyl groups is 1. The fraction of sp³-hybridized carbons (Fsp3) is 0.111. The van der Waals surface area contributed by atoms with E-state index in [0.29, 0.717) is 11.6 Å². The van der Waals surface area contributed by atoms with Gasteiger partial charge in [0.05, 0.1) is 16.8 Å². The molecule has 0 unspecified atom stereocenters. The zero-order valence-corrected chi connectivity index (χ0v) is 15.5. The predicted octanol–water partition coefficient (Wildman–Crippen LogP) is 4.43. The molecule has 0 aliphatic carbocycles. The smallest absolute Gasteiger partial charge is 0.280 e. The number of carbonyl (C=O) groups is 1. The van der Waals surface area contributed by atoms with Crippen molar-refractivity contribution in [2.45, 2.75) is 12.6 Å². The molecular weight excluding hydrogens is 372 g/mol. The van der Waals surface area contributed by atoms with Crippen molar-refractivity contribution >= 4 is 50.1 Å². The van der Waals surface area contributed by atoms with Crippen molar-refractivity contribution in [2.24, 2.45) is 0 Å². The van der Waals surface area contributed by atoms with Gasteiger partial charge in [0.2, 0.25) is 0 Å². The van der Waals surface area contributed by atoms with E-state index in [0.717, 1.165) is 24.8 Å². The molecule has 0 bridgehead atoms. The monoisotopic (exact) mass is 386 g/mol. The average molecular weight is 387 g/mol. The number of aliphatic hydroxyl groups excluding tert-OH is 1. The van der Waals surface area contributed by atoms with Crippen molar-refractivity contribution < 1.29 is 9.90 Å². The van der Waals surface area contributed by atoms with Gasteiger partial charge in [-0.15, -0.1) is 34.0 Å². The van der Waals surface area contributed by atoms with Crippen molar-refractivity contribution in [3.8, 4) is 0 Å². The van der Waals surface area contributed by atoms with Crippen LogP contribution in [0.15, 0.2) is 53.9 Å². The van der Waals surface area contributed by atoms with E-state index < -0.39 is 6.10 Å². The third-order valence-electron chi connectivity index (χ3n) is 3.68. The Labute approximate surface area is 156 Å². The molecule has 1 atom stereocenters. The van der Waals surface area contributed by atoms with E-state index in [9.17, 15) is 9.90 Å². The van der Waals surface area contributed by atoms with Crippen LogP contribution < -0.4 is 5.32 Å². The van der Waals surface area contributed by atoms with E-state index in [1.807, 2.05) is 53.9 Å². The molecule has 2 N–H and O–H groups in total. The summed E-state index contributed by atoms with van der Waals surface area (Å²) in [6, 6.07) is 15.4. The highest BCUT2D eigenvalue weighted by Gasteiger charge is 2.15. The van der Waals surface area contributed by atoms with Crippen LogP contribution in [0.1, 0.15) is 30.5 Å². The zero-order valence-electron chi connectivity index (χ0n) is 13.0. The first-order valence-electron chi connectivity index (χ1n) is 7.64. The Hall–Kier alpha value is -2.06. The minimum atomic E-state index is -0.598. The number of hydrogen-bond acceptors (Lipinski definition) is 6. The van der Waals surface area contributed by atoms with Crippen LogP contribution in [0.3, 0.4) is 0 Å². The Morgan fingerprint density at radius 1 is 1.08 bits per heavy atom. The molecule has 1 amide bonds. The SMILES string of the molecule is O=C(NCc1ccc([C@H](O)c2cccs2)s1)c1nc2ccccc2s1. The Bertz CT molecular complexity index is 971. The lowest BCUT2D eigenvalue weighted by Crippen LogP contribution is -2.22. The number of benzene rings is 1. The molecule has 3 heterocycles. The molecule has 0 aliphatic rings. The summed E-state index contributed by atoms with van der Waals surface area (Å²) in [4.78, 5) is 19.5. The maximum absolute atomic E-state index is 12.3. The molecule has 0 fully saturated rings. The van der Waals surface area contributed by atoms with Gasteiger partial charge in [0.1, 0.15) is 6.10 Å². The Balaban J connectivity index is 1.42. The van der Waals surface area contributed by atoms with Gasteiger partial charge in [0, 0.05) is 14.6 Å². The van der Waals surface area contributed by atoms with E-state index in [1.54, 1.807) is 0 Å². The highest BCUT2D eigenvalue weighted by molar-refractivity contribution is 7.20. The minimum absolute atomic E-state index is 0.171. The molecule has 7 heteroatoms.